The summed E-state index contributed by atoms with van der Waals surface area (Å²) in [6.45, 7) is 1.71. The number of ketones is 2. The Bertz CT molecular complexity index is 1500. The van der Waals surface area contributed by atoms with E-state index in [1.165, 1.54) is 6.07 Å². The first-order valence-electron chi connectivity index (χ1n) is 13.9. The molecule has 2 saturated heterocycles. The van der Waals surface area contributed by atoms with E-state index in [2.05, 4.69) is 5.32 Å². The van der Waals surface area contributed by atoms with Gasteiger partial charge in [0.2, 0.25) is 11.7 Å². The smallest absolute Gasteiger partial charge is 0.255 e. The summed E-state index contributed by atoms with van der Waals surface area (Å²) in [5.41, 5.74) is 2.71. The van der Waals surface area contributed by atoms with Crippen LogP contribution in [-0.4, -0.2) is 81.3 Å². The van der Waals surface area contributed by atoms with Gasteiger partial charge in [-0.05, 0) is 55.7 Å². The van der Waals surface area contributed by atoms with Crippen LogP contribution in [0.1, 0.15) is 43.2 Å². The first kappa shape index (κ1) is 26.2. The van der Waals surface area contributed by atoms with Crippen LogP contribution in [0.15, 0.2) is 29.0 Å². The topological polar surface area (TPSA) is 200 Å². The van der Waals surface area contributed by atoms with Crippen molar-refractivity contribution in [2.75, 3.05) is 24.7 Å². The third-order valence-corrected chi connectivity index (χ3v) is 10.0. The zero-order chi connectivity index (χ0) is 29.0. The Morgan fingerprint density at radius 1 is 1.12 bits per heavy atom. The number of carbonyl (C=O) groups excluding carboxylic acids is 4. The summed E-state index contributed by atoms with van der Waals surface area (Å²) in [6.07, 6.45) is 2.59. The number of hydrogen-bond donors (Lipinski definition) is 6. The highest BCUT2D eigenvalue weighted by atomic mass is 16.5. The minimum atomic E-state index is -2.70. The maximum absolute atomic E-state index is 14.1. The van der Waals surface area contributed by atoms with E-state index in [0.29, 0.717) is 56.7 Å². The van der Waals surface area contributed by atoms with Crippen LogP contribution in [0.2, 0.25) is 0 Å². The summed E-state index contributed by atoms with van der Waals surface area (Å²) in [4.78, 5) is 54.1. The fourth-order valence-electron chi connectivity index (χ4n) is 7.99. The van der Waals surface area contributed by atoms with Crippen molar-refractivity contribution in [2.45, 2.75) is 56.2 Å². The second-order valence-corrected chi connectivity index (χ2v) is 12.4. The molecule has 12 nitrogen and oxygen atoms in total. The highest BCUT2D eigenvalue weighted by Crippen LogP contribution is 2.54. The van der Waals surface area contributed by atoms with Crippen molar-refractivity contribution >= 4 is 34.8 Å². The van der Waals surface area contributed by atoms with Gasteiger partial charge in [0, 0.05) is 41.6 Å². The van der Waals surface area contributed by atoms with Crippen molar-refractivity contribution < 1.29 is 44.3 Å². The van der Waals surface area contributed by atoms with E-state index in [1.807, 2.05) is 0 Å². The van der Waals surface area contributed by atoms with Crippen molar-refractivity contribution in [2.24, 2.45) is 23.0 Å². The van der Waals surface area contributed by atoms with Gasteiger partial charge in [0.1, 0.15) is 22.8 Å². The number of amides is 2. The zero-order valence-electron chi connectivity index (χ0n) is 22.2. The molecule has 7 N–H and O–H groups in total. The maximum Gasteiger partial charge on any atom is 0.255 e. The van der Waals surface area contributed by atoms with Crippen LogP contribution in [-0.2, 0) is 30.3 Å². The number of benzene rings is 1. The molecule has 0 aromatic heterocycles. The second kappa shape index (κ2) is 8.63. The van der Waals surface area contributed by atoms with Crippen LogP contribution in [0.4, 0.5) is 5.69 Å². The van der Waals surface area contributed by atoms with E-state index >= 15 is 0 Å². The van der Waals surface area contributed by atoms with Gasteiger partial charge in [0.05, 0.1) is 24.8 Å². The van der Waals surface area contributed by atoms with Gasteiger partial charge < -0.3 is 41.1 Å². The molecule has 4 aliphatic carbocycles. The van der Waals surface area contributed by atoms with Gasteiger partial charge in [0.25, 0.3) is 5.91 Å². The van der Waals surface area contributed by atoms with Gasteiger partial charge in [-0.3, -0.25) is 19.2 Å². The number of primary amides is 1. The van der Waals surface area contributed by atoms with E-state index in [9.17, 15) is 39.6 Å². The molecule has 0 unspecified atom stereocenters. The van der Waals surface area contributed by atoms with Crippen LogP contribution >= 0.6 is 0 Å². The molecule has 7 rings (SSSR count). The summed E-state index contributed by atoms with van der Waals surface area (Å²) in [6, 6.07) is 1.61. The molecule has 12 heteroatoms. The SMILES string of the molecule is NC(=O)C1=C(O)[C@@]2(O)C(=O)C3=C(O)c4c(O)ccc(N5CCCC5=O)c4C[C@H]3C[C@H]2[C@@H](NC2CC3(COC3)C2)C1=O. The highest BCUT2D eigenvalue weighted by Gasteiger charge is 2.64. The predicted molar refractivity (Wildman–Crippen MR) is 142 cm³/mol. The Kier molecular flexibility index (Phi) is 5.51. The fourth-order valence-corrected chi connectivity index (χ4v) is 7.99. The fraction of sp³-hybridized carbons (Fsp3) is 0.517. The predicted octanol–water partition coefficient (Wildman–Crippen LogP) is 0.298. The van der Waals surface area contributed by atoms with E-state index in [1.54, 1.807) is 11.0 Å². The van der Waals surface area contributed by atoms with Crippen molar-refractivity contribution in [3.8, 4) is 5.75 Å². The molecular formula is C29H31N3O9. The number of anilines is 1. The standard InChI is InChI=1S/C29H31N3O9/c30-27(39)21-24(36)22(31-13-8-28(9-13)10-41-11-28)15-7-12-6-14-16(32-5-1-2-18(32)34)3-4-17(33)20(14)23(35)19(12)25(37)29(15,40)26(21)38/h3-4,12-13,15,22,31,33,35,38,40H,1-2,5-11H2,(H2,30,39)/t12-,15-,22+,29-/m0/s1. The van der Waals surface area contributed by atoms with Crippen LogP contribution in [0.25, 0.3) is 5.76 Å². The van der Waals surface area contributed by atoms with Crippen LogP contribution < -0.4 is 16.0 Å². The van der Waals surface area contributed by atoms with E-state index in [4.69, 9.17) is 10.5 Å². The average molecular weight is 566 g/mol. The molecule has 2 saturated carbocycles. The Balaban J connectivity index is 1.33. The highest BCUT2D eigenvalue weighted by molar-refractivity contribution is 6.24. The third-order valence-electron chi connectivity index (χ3n) is 10.0. The van der Waals surface area contributed by atoms with E-state index in [-0.39, 0.29) is 47.1 Å². The molecule has 4 atom stereocenters. The lowest BCUT2D eigenvalue weighted by Crippen LogP contribution is -2.69. The second-order valence-electron chi connectivity index (χ2n) is 12.4. The number of aliphatic hydroxyl groups excluding tert-OH is 2. The summed E-state index contributed by atoms with van der Waals surface area (Å²) in [7, 11) is 0. The summed E-state index contributed by atoms with van der Waals surface area (Å²) < 4.78 is 5.33. The minimum Gasteiger partial charge on any atom is -0.508 e. The number of phenols is 1. The molecular weight excluding hydrogens is 534 g/mol. The number of fused-ring (bicyclic) bond motifs is 3. The first-order chi connectivity index (χ1) is 19.5. The molecule has 2 heterocycles. The number of aromatic hydroxyl groups is 1. The summed E-state index contributed by atoms with van der Waals surface area (Å²) >= 11 is 0. The Morgan fingerprint density at radius 2 is 1.85 bits per heavy atom. The van der Waals surface area contributed by atoms with E-state index in [0.717, 1.165) is 0 Å². The summed E-state index contributed by atoms with van der Waals surface area (Å²) in [5, 5.41) is 48.3. The quantitative estimate of drug-likeness (QED) is 0.276. The van der Waals surface area contributed by atoms with Gasteiger partial charge in [-0.1, -0.05) is 0 Å². The maximum atomic E-state index is 14.1. The Hall–Kier alpha value is -3.74. The van der Waals surface area contributed by atoms with Gasteiger partial charge in [-0.2, -0.15) is 0 Å². The number of carbonyl (C=O) groups is 4. The van der Waals surface area contributed by atoms with Crippen molar-refractivity contribution in [1.82, 2.24) is 5.32 Å². The number of Topliss-reactive ketones (excluding diaryl/α,β-unsaturated/α-hetero) is 2. The Labute approximate surface area is 234 Å². The number of nitrogens with zero attached hydrogens (tertiary/aromatic N) is 1. The molecule has 6 aliphatic rings. The van der Waals surface area contributed by atoms with Crippen molar-refractivity contribution in [3.05, 3.63) is 40.2 Å². The van der Waals surface area contributed by atoms with E-state index < -0.39 is 58.0 Å². The first-order valence-corrected chi connectivity index (χ1v) is 13.9. The number of nitrogens with one attached hydrogen (secondary N) is 1. The van der Waals surface area contributed by atoms with Gasteiger partial charge >= 0.3 is 0 Å². The van der Waals surface area contributed by atoms with Crippen LogP contribution in [0, 0.1) is 17.3 Å². The minimum absolute atomic E-state index is 0.00933. The lowest BCUT2D eigenvalue weighted by Gasteiger charge is -2.56. The zero-order valence-corrected chi connectivity index (χ0v) is 22.2. The molecule has 1 aromatic rings. The molecule has 0 radical (unpaired) electrons. The lowest BCUT2D eigenvalue weighted by atomic mass is 9.57. The van der Waals surface area contributed by atoms with Crippen molar-refractivity contribution in [3.63, 3.8) is 0 Å². The van der Waals surface area contributed by atoms with Gasteiger partial charge in [0.15, 0.2) is 11.4 Å². The number of rotatable bonds is 4. The number of ether oxygens (including phenoxy) is 1. The third kappa shape index (κ3) is 3.44. The summed E-state index contributed by atoms with van der Waals surface area (Å²) in [5.74, 6) is -7.09. The molecule has 216 valence electrons. The average Bonchev–Trinajstić information content (AvgIpc) is 3.29. The lowest BCUT2D eigenvalue weighted by molar-refractivity contribution is -0.172. The van der Waals surface area contributed by atoms with Gasteiger partial charge in [-0.15, -0.1) is 0 Å². The molecule has 2 aliphatic heterocycles. The molecule has 2 amide bonds. The molecule has 0 bridgehead atoms. The molecule has 4 fully saturated rings. The number of nitrogens with two attached hydrogens (primary N) is 1. The molecule has 1 aromatic carbocycles. The monoisotopic (exact) mass is 565 g/mol. The molecule has 1 spiro atoms. The van der Waals surface area contributed by atoms with Crippen molar-refractivity contribution in [1.29, 1.82) is 0 Å². The number of aliphatic hydroxyl groups is 3. The Morgan fingerprint density at radius 3 is 2.46 bits per heavy atom. The largest absolute Gasteiger partial charge is 0.508 e. The van der Waals surface area contributed by atoms with Crippen LogP contribution in [0.3, 0.4) is 0 Å². The normalized spacial score (nSPS) is 32.5. The number of hydrogen-bond acceptors (Lipinski definition) is 10. The van der Waals surface area contributed by atoms with Gasteiger partial charge in [-0.25, -0.2) is 0 Å². The number of phenolic OH excluding ortho intramolecular Hbond substituents is 1. The van der Waals surface area contributed by atoms with Crippen LogP contribution in [0.5, 0.6) is 5.75 Å². The molecule has 41 heavy (non-hydrogen) atoms.